The Balaban J connectivity index is 1.86. The molecule has 0 saturated carbocycles. The van der Waals surface area contributed by atoms with Gasteiger partial charge in [-0.25, -0.2) is 4.79 Å². The molecule has 0 spiro atoms. The van der Waals surface area contributed by atoms with Crippen LogP contribution in [0.3, 0.4) is 0 Å². The number of ether oxygens (including phenoxy) is 2. The fourth-order valence-electron chi connectivity index (χ4n) is 3.71. The van der Waals surface area contributed by atoms with Gasteiger partial charge in [0.05, 0.1) is 38.5 Å². The van der Waals surface area contributed by atoms with E-state index in [1.165, 1.54) is 23.7 Å². The van der Waals surface area contributed by atoms with E-state index >= 15 is 0 Å². The van der Waals surface area contributed by atoms with Crippen LogP contribution in [-0.4, -0.2) is 43.6 Å². The van der Waals surface area contributed by atoms with Crippen LogP contribution < -0.4 is 16.0 Å². The van der Waals surface area contributed by atoms with E-state index in [2.05, 4.69) is 4.98 Å². The zero-order valence-corrected chi connectivity index (χ0v) is 20.3. The number of halogens is 4. The van der Waals surface area contributed by atoms with Crippen molar-refractivity contribution >= 4 is 22.8 Å². The fraction of sp³-hybridized carbons (Fsp3) is 0.292. The van der Waals surface area contributed by atoms with Gasteiger partial charge in [0.1, 0.15) is 5.75 Å². The zero-order chi connectivity index (χ0) is 26.7. The number of aliphatic hydroxyl groups is 1. The first-order chi connectivity index (χ1) is 17.6. The van der Waals surface area contributed by atoms with Gasteiger partial charge in [-0.3, -0.25) is 18.5 Å². The highest BCUT2D eigenvalue weighted by atomic mass is 35.5. The molecule has 0 aliphatic carbocycles. The lowest BCUT2D eigenvalue weighted by atomic mass is 10.2. The number of hydrogen-bond donors (Lipinski definition) is 1. The van der Waals surface area contributed by atoms with Gasteiger partial charge in [0.2, 0.25) is 0 Å². The molecule has 0 radical (unpaired) electrons. The first-order valence-corrected chi connectivity index (χ1v) is 11.5. The van der Waals surface area contributed by atoms with Crippen molar-refractivity contribution in [3.63, 3.8) is 0 Å². The minimum atomic E-state index is -4.58. The Morgan fingerprint density at radius 1 is 1.05 bits per heavy atom. The summed E-state index contributed by atoms with van der Waals surface area (Å²) in [6.07, 6.45) is -4.58. The SMILES string of the molecule is Cn1c(=O)n(CCOCCO)c(=O)c2c1nc(Oc1cccc(C(F)(F)F)c1)n2Cc1ccc(Cl)cc1. The van der Waals surface area contributed by atoms with Crippen molar-refractivity contribution in [1.82, 2.24) is 18.7 Å². The van der Waals surface area contributed by atoms with Gasteiger partial charge in [-0.15, -0.1) is 0 Å². The molecule has 13 heteroatoms. The molecule has 0 bridgehead atoms. The molecule has 0 atom stereocenters. The Morgan fingerprint density at radius 3 is 2.46 bits per heavy atom. The first-order valence-electron chi connectivity index (χ1n) is 11.1. The van der Waals surface area contributed by atoms with E-state index in [0.29, 0.717) is 10.6 Å². The van der Waals surface area contributed by atoms with E-state index in [9.17, 15) is 22.8 Å². The lowest BCUT2D eigenvalue weighted by Crippen LogP contribution is -2.40. The molecule has 0 amide bonds. The number of fused-ring (bicyclic) bond motifs is 1. The first kappa shape index (κ1) is 26.5. The minimum Gasteiger partial charge on any atom is -0.425 e. The van der Waals surface area contributed by atoms with E-state index in [4.69, 9.17) is 26.2 Å². The Bertz CT molecular complexity index is 1530. The molecular formula is C24H22ClF3N4O5. The lowest BCUT2D eigenvalue weighted by Gasteiger charge is -2.12. The average Bonchev–Trinajstić information content (AvgIpc) is 3.21. The molecular weight excluding hydrogens is 517 g/mol. The summed E-state index contributed by atoms with van der Waals surface area (Å²) in [5, 5.41) is 9.37. The molecule has 0 aliphatic rings. The Hall–Kier alpha value is -3.61. The monoisotopic (exact) mass is 538 g/mol. The Kier molecular flexibility index (Phi) is 7.71. The van der Waals surface area contributed by atoms with Crippen molar-refractivity contribution in [3.05, 3.63) is 85.5 Å². The zero-order valence-electron chi connectivity index (χ0n) is 19.5. The summed E-state index contributed by atoms with van der Waals surface area (Å²) in [6, 6.07) is 10.8. The third-order valence-corrected chi connectivity index (χ3v) is 5.77. The summed E-state index contributed by atoms with van der Waals surface area (Å²) in [5.74, 6) is -0.148. The fourth-order valence-corrected chi connectivity index (χ4v) is 3.84. The van der Waals surface area contributed by atoms with Gasteiger partial charge in [0, 0.05) is 12.1 Å². The highest BCUT2D eigenvalue weighted by Gasteiger charge is 2.31. The molecule has 0 unspecified atom stereocenters. The quantitative estimate of drug-likeness (QED) is 0.328. The molecule has 2 aromatic carbocycles. The largest absolute Gasteiger partial charge is 0.425 e. The van der Waals surface area contributed by atoms with Crippen LogP contribution in [-0.2, 0) is 31.1 Å². The normalized spacial score (nSPS) is 11.8. The number of hydrogen-bond acceptors (Lipinski definition) is 6. The standard InChI is InChI=1S/C24H22ClF3N4O5/c1-30-20-19(21(34)31(23(30)35)9-11-36-12-10-33)32(14-15-5-7-17(25)8-6-15)22(29-20)37-18-4-2-3-16(13-18)24(26,27)28/h2-8,13,33H,9-12,14H2,1H3. The van der Waals surface area contributed by atoms with Gasteiger partial charge in [-0.2, -0.15) is 18.2 Å². The number of alkyl halides is 3. The van der Waals surface area contributed by atoms with Gasteiger partial charge < -0.3 is 14.6 Å². The summed E-state index contributed by atoms with van der Waals surface area (Å²) in [7, 11) is 1.42. The second kappa shape index (κ2) is 10.8. The number of aromatic nitrogens is 4. The maximum atomic E-state index is 13.4. The molecule has 1 N–H and O–H groups in total. The second-order valence-electron chi connectivity index (χ2n) is 8.04. The molecule has 0 saturated heterocycles. The predicted octanol–water partition coefficient (Wildman–Crippen LogP) is 3.42. The number of rotatable bonds is 9. The number of aryl methyl sites for hydroxylation is 1. The number of benzene rings is 2. The van der Waals surface area contributed by atoms with Crippen LogP contribution in [0.4, 0.5) is 13.2 Å². The van der Waals surface area contributed by atoms with Crippen LogP contribution in [0.15, 0.2) is 58.1 Å². The van der Waals surface area contributed by atoms with Crippen molar-refractivity contribution in [3.8, 4) is 11.8 Å². The molecule has 0 fully saturated rings. The van der Waals surface area contributed by atoms with Crippen molar-refractivity contribution < 1.29 is 27.8 Å². The van der Waals surface area contributed by atoms with Gasteiger partial charge in [0.15, 0.2) is 11.2 Å². The molecule has 0 aliphatic heterocycles. The topological polar surface area (TPSA) is 101 Å². The van der Waals surface area contributed by atoms with Crippen molar-refractivity contribution in [2.24, 2.45) is 7.05 Å². The molecule has 2 heterocycles. The van der Waals surface area contributed by atoms with Gasteiger partial charge >= 0.3 is 17.9 Å². The van der Waals surface area contributed by atoms with Gasteiger partial charge in [-0.1, -0.05) is 29.8 Å². The number of nitrogens with zero attached hydrogens (tertiary/aromatic N) is 4. The highest BCUT2D eigenvalue weighted by molar-refractivity contribution is 6.30. The van der Waals surface area contributed by atoms with Crippen LogP contribution in [0.25, 0.3) is 11.2 Å². The molecule has 4 rings (SSSR count). The highest BCUT2D eigenvalue weighted by Crippen LogP contribution is 2.33. The minimum absolute atomic E-state index is 0.000125. The summed E-state index contributed by atoms with van der Waals surface area (Å²) in [4.78, 5) is 30.6. The van der Waals surface area contributed by atoms with E-state index in [1.807, 2.05) is 0 Å². The molecule has 37 heavy (non-hydrogen) atoms. The van der Waals surface area contributed by atoms with Crippen molar-refractivity contribution in [2.45, 2.75) is 19.3 Å². The van der Waals surface area contributed by atoms with Crippen molar-refractivity contribution in [2.75, 3.05) is 19.8 Å². The summed E-state index contributed by atoms with van der Waals surface area (Å²) in [5.41, 5.74) is -1.54. The van der Waals surface area contributed by atoms with Crippen LogP contribution in [0.1, 0.15) is 11.1 Å². The molecule has 2 aromatic heterocycles. The third-order valence-electron chi connectivity index (χ3n) is 5.52. The Morgan fingerprint density at radius 2 is 1.78 bits per heavy atom. The van der Waals surface area contributed by atoms with Crippen molar-refractivity contribution in [1.29, 1.82) is 0 Å². The van der Waals surface area contributed by atoms with E-state index in [1.54, 1.807) is 24.3 Å². The number of imidazole rings is 1. The summed E-state index contributed by atoms with van der Waals surface area (Å²) in [6.45, 7) is -0.204. The van der Waals surface area contributed by atoms with E-state index in [-0.39, 0.29) is 55.8 Å². The van der Waals surface area contributed by atoms with Crippen LogP contribution in [0.5, 0.6) is 11.8 Å². The Labute approximate surface area is 212 Å². The maximum absolute atomic E-state index is 13.4. The summed E-state index contributed by atoms with van der Waals surface area (Å²) >= 11 is 5.98. The molecule has 4 aromatic rings. The van der Waals surface area contributed by atoms with Crippen LogP contribution in [0, 0.1) is 0 Å². The van der Waals surface area contributed by atoms with Gasteiger partial charge in [-0.05, 0) is 35.9 Å². The van der Waals surface area contributed by atoms with Gasteiger partial charge in [0.25, 0.3) is 5.56 Å². The summed E-state index contributed by atoms with van der Waals surface area (Å²) < 4.78 is 54.1. The molecule has 9 nitrogen and oxygen atoms in total. The smallest absolute Gasteiger partial charge is 0.416 e. The molecule has 196 valence electrons. The maximum Gasteiger partial charge on any atom is 0.416 e. The predicted molar refractivity (Wildman–Crippen MR) is 129 cm³/mol. The van der Waals surface area contributed by atoms with E-state index in [0.717, 1.165) is 21.3 Å². The second-order valence-corrected chi connectivity index (χ2v) is 8.48. The van der Waals surface area contributed by atoms with E-state index < -0.39 is 23.0 Å². The third kappa shape index (κ3) is 5.71. The lowest BCUT2D eigenvalue weighted by molar-refractivity contribution is -0.137. The van der Waals surface area contributed by atoms with Crippen LogP contribution in [0.2, 0.25) is 5.02 Å². The average molecular weight is 539 g/mol. The number of aliphatic hydroxyl groups excluding tert-OH is 1. The van der Waals surface area contributed by atoms with Crippen LogP contribution >= 0.6 is 11.6 Å².